The topological polar surface area (TPSA) is 32.3 Å². The molecule has 0 spiro atoms. The van der Waals surface area contributed by atoms with Crippen LogP contribution in [0.1, 0.15) is 36.5 Å². The van der Waals surface area contributed by atoms with Gasteiger partial charge in [0.15, 0.2) is 0 Å². The zero-order valence-corrected chi connectivity index (χ0v) is 11.8. The minimum absolute atomic E-state index is 0.296. The van der Waals surface area contributed by atoms with Crippen molar-refractivity contribution < 1.29 is 5.11 Å². The summed E-state index contributed by atoms with van der Waals surface area (Å²) in [5, 5.41) is 13.0. The number of aromatic hydroxyl groups is 1. The van der Waals surface area contributed by atoms with E-state index in [0.717, 1.165) is 17.8 Å². The van der Waals surface area contributed by atoms with Gasteiger partial charge in [-0.25, -0.2) is 0 Å². The van der Waals surface area contributed by atoms with Crippen LogP contribution in [0.3, 0.4) is 0 Å². The van der Waals surface area contributed by atoms with E-state index in [1.165, 1.54) is 11.1 Å². The fraction of sp³-hybridized carbons (Fsp3) is 0.294. The highest BCUT2D eigenvalue weighted by Crippen LogP contribution is 2.24. The summed E-state index contributed by atoms with van der Waals surface area (Å²) in [6.07, 6.45) is 0. The molecule has 0 aliphatic heterocycles. The Hall–Kier alpha value is -1.96. The smallest absolute Gasteiger partial charge is 0.138 e. The lowest BCUT2D eigenvalue weighted by molar-refractivity contribution is 0.477. The van der Waals surface area contributed by atoms with Crippen LogP contribution in [0.25, 0.3) is 0 Å². The Morgan fingerprint density at radius 2 is 1.74 bits per heavy atom. The molecule has 0 radical (unpaired) electrons. The van der Waals surface area contributed by atoms with E-state index in [-0.39, 0.29) is 0 Å². The number of phenols is 1. The van der Waals surface area contributed by atoms with Crippen LogP contribution in [0, 0.1) is 6.92 Å². The number of aryl methyl sites for hydroxylation is 1. The summed E-state index contributed by atoms with van der Waals surface area (Å²) in [6.45, 7) is 7.12. The standard InChI is InChI=1S/C17H21NO/c1-12(2)15-7-5-14(6-8-15)11-18-16-10-13(3)4-9-17(16)19/h4-10,12,18-19H,11H2,1-3H3. The molecule has 0 aliphatic carbocycles. The van der Waals surface area contributed by atoms with Crippen molar-refractivity contribution >= 4 is 5.69 Å². The van der Waals surface area contributed by atoms with Crippen LogP contribution in [-0.2, 0) is 6.54 Å². The lowest BCUT2D eigenvalue weighted by atomic mass is 10.0. The highest BCUT2D eigenvalue weighted by Gasteiger charge is 2.02. The molecule has 0 aliphatic rings. The third-order valence-corrected chi connectivity index (χ3v) is 3.28. The van der Waals surface area contributed by atoms with E-state index < -0.39 is 0 Å². The van der Waals surface area contributed by atoms with Gasteiger partial charge < -0.3 is 10.4 Å². The second kappa shape index (κ2) is 5.79. The second-order valence-corrected chi connectivity index (χ2v) is 5.27. The molecule has 0 heterocycles. The third-order valence-electron chi connectivity index (χ3n) is 3.28. The van der Waals surface area contributed by atoms with Crippen LogP contribution >= 0.6 is 0 Å². The number of benzene rings is 2. The first-order chi connectivity index (χ1) is 9.06. The Bertz CT molecular complexity index is 544. The number of anilines is 1. The highest BCUT2D eigenvalue weighted by atomic mass is 16.3. The van der Waals surface area contributed by atoms with Gasteiger partial charge in [-0.3, -0.25) is 0 Å². The fourth-order valence-corrected chi connectivity index (χ4v) is 2.01. The average Bonchev–Trinajstić information content (AvgIpc) is 2.40. The summed E-state index contributed by atoms with van der Waals surface area (Å²) in [4.78, 5) is 0. The maximum Gasteiger partial charge on any atom is 0.138 e. The number of rotatable bonds is 4. The molecular formula is C17H21NO. The van der Waals surface area contributed by atoms with Gasteiger partial charge in [-0.15, -0.1) is 0 Å². The van der Waals surface area contributed by atoms with Crippen molar-refractivity contribution in [1.29, 1.82) is 0 Å². The zero-order valence-electron chi connectivity index (χ0n) is 11.8. The molecule has 100 valence electrons. The Kier molecular flexibility index (Phi) is 4.10. The van der Waals surface area contributed by atoms with Gasteiger partial charge in [0, 0.05) is 6.54 Å². The molecule has 2 nitrogen and oxygen atoms in total. The zero-order chi connectivity index (χ0) is 13.8. The van der Waals surface area contributed by atoms with Crippen molar-refractivity contribution in [2.24, 2.45) is 0 Å². The van der Waals surface area contributed by atoms with Crippen molar-refractivity contribution in [3.63, 3.8) is 0 Å². The molecule has 0 amide bonds. The predicted octanol–water partition coefficient (Wildman–Crippen LogP) is 4.44. The van der Waals surface area contributed by atoms with E-state index >= 15 is 0 Å². The van der Waals surface area contributed by atoms with Gasteiger partial charge >= 0.3 is 0 Å². The molecule has 0 saturated carbocycles. The van der Waals surface area contributed by atoms with Gasteiger partial charge in [-0.2, -0.15) is 0 Å². The Morgan fingerprint density at radius 3 is 2.37 bits per heavy atom. The predicted molar refractivity (Wildman–Crippen MR) is 80.7 cm³/mol. The number of hydrogen-bond acceptors (Lipinski definition) is 2. The van der Waals surface area contributed by atoms with E-state index in [0.29, 0.717) is 11.7 Å². The molecule has 2 rings (SSSR count). The van der Waals surface area contributed by atoms with Gasteiger partial charge in [0.05, 0.1) is 5.69 Å². The molecule has 2 aromatic rings. The molecule has 0 bridgehead atoms. The molecule has 0 fully saturated rings. The van der Waals surface area contributed by atoms with Crippen molar-refractivity contribution in [3.05, 3.63) is 59.2 Å². The fourth-order valence-electron chi connectivity index (χ4n) is 2.01. The molecule has 2 N–H and O–H groups in total. The minimum Gasteiger partial charge on any atom is -0.506 e. The van der Waals surface area contributed by atoms with Crippen molar-refractivity contribution in [2.75, 3.05) is 5.32 Å². The van der Waals surface area contributed by atoms with Gasteiger partial charge in [-0.05, 0) is 41.7 Å². The van der Waals surface area contributed by atoms with Crippen molar-refractivity contribution in [1.82, 2.24) is 0 Å². The lowest BCUT2D eigenvalue weighted by Gasteiger charge is -2.11. The largest absolute Gasteiger partial charge is 0.506 e. The summed E-state index contributed by atoms with van der Waals surface area (Å²) in [7, 11) is 0. The van der Waals surface area contributed by atoms with Gasteiger partial charge in [-0.1, -0.05) is 44.2 Å². The summed E-state index contributed by atoms with van der Waals surface area (Å²) in [6, 6.07) is 14.2. The van der Waals surface area contributed by atoms with Crippen LogP contribution in [0.4, 0.5) is 5.69 Å². The second-order valence-electron chi connectivity index (χ2n) is 5.27. The van der Waals surface area contributed by atoms with Crippen molar-refractivity contribution in [2.45, 2.75) is 33.2 Å². The summed E-state index contributed by atoms with van der Waals surface area (Å²) < 4.78 is 0. The van der Waals surface area contributed by atoms with E-state index in [1.54, 1.807) is 6.07 Å². The van der Waals surface area contributed by atoms with Crippen LogP contribution in [0.5, 0.6) is 5.75 Å². The molecule has 0 unspecified atom stereocenters. The first-order valence-corrected chi connectivity index (χ1v) is 6.68. The van der Waals surface area contributed by atoms with Crippen LogP contribution in [0.15, 0.2) is 42.5 Å². The monoisotopic (exact) mass is 255 g/mol. The van der Waals surface area contributed by atoms with Gasteiger partial charge in [0.25, 0.3) is 0 Å². The van der Waals surface area contributed by atoms with Gasteiger partial charge in [0.2, 0.25) is 0 Å². The first-order valence-electron chi connectivity index (χ1n) is 6.68. The number of phenolic OH excluding ortho intramolecular Hbond substituents is 1. The summed E-state index contributed by atoms with van der Waals surface area (Å²) >= 11 is 0. The van der Waals surface area contributed by atoms with Crippen molar-refractivity contribution in [3.8, 4) is 5.75 Å². The average molecular weight is 255 g/mol. The molecule has 2 aromatic carbocycles. The van der Waals surface area contributed by atoms with Crippen LogP contribution in [-0.4, -0.2) is 5.11 Å². The SMILES string of the molecule is Cc1ccc(O)c(NCc2ccc(C(C)C)cc2)c1. The Balaban J connectivity index is 2.04. The minimum atomic E-state index is 0.296. The molecule has 0 atom stereocenters. The van der Waals surface area contributed by atoms with E-state index in [1.807, 2.05) is 19.1 Å². The quantitative estimate of drug-likeness (QED) is 0.792. The summed E-state index contributed by atoms with van der Waals surface area (Å²) in [5.74, 6) is 0.854. The normalized spacial score (nSPS) is 10.7. The third kappa shape index (κ3) is 3.50. The molecule has 0 saturated heterocycles. The molecule has 19 heavy (non-hydrogen) atoms. The Morgan fingerprint density at radius 1 is 1.05 bits per heavy atom. The number of nitrogens with one attached hydrogen (secondary N) is 1. The van der Waals surface area contributed by atoms with E-state index in [4.69, 9.17) is 0 Å². The molecule has 0 aromatic heterocycles. The highest BCUT2D eigenvalue weighted by molar-refractivity contribution is 5.57. The van der Waals surface area contributed by atoms with E-state index in [9.17, 15) is 5.11 Å². The molecular weight excluding hydrogens is 234 g/mol. The first kappa shape index (κ1) is 13.5. The summed E-state index contributed by atoms with van der Waals surface area (Å²) in [5.41, 5.74) is 4.48. The van der Waals surface area contributed by atoms with Crippen LogP contribution < -0.4 is 5.32 Å². The maximum absolute atomic E-state index is 9.77. The maximum atomic E-state index is 9.77. The molecule has 2 heteroatoms. The number of hydrogen-bond donors (Lipinski definition) is 2. The van der Waals surface area contributed by atoms with E-state index in [2.05, 4.69) is 43.4 Å². The lowest BCUT2D eigenvalue weighted by Crippen LogP contribution is -2.00. The van der Waals surface area contributed by atoms with Crippen LogP contribution in [0.2, 0.25) is 0 Å². The Labute approximate surface area is 115 Å². The van der Waals surface area contributed by atoms with Gasteiger partial charge in [0.1, 0.15) is 5.75 Å².